The Labute approximate surface area is 112 Å². The van der Waals surface area contributed by atoms with Gasteiger partial charge in [0.1, 0.15) is 0 Å². The second-order valence-electron chi connectivity index (χ2n) is 4.30. The minimum Gasteiger partial charge on any atom is -0.314 e. The summed E-state index contributed by atoms with van der Waals surface area (Å²) in [5, 5.41) is 0. The van der Waals surface area contributed by atoms with Gasteiger partial charge in [-0.05, 0) is 31.2 Å². The van der Waals surface area contributed by atoms with Gasteiger partial charge in [-0.25, -0.2) is 0 Å². The molecule has 0 spiro atoms. The third-order valence-electron chi connectivity index (χ3n) is 3.03. The molecule has 0 unspecified atom stereocenters. The predicted octanol–water partition coefficient (Wildman–Crippen LogP) is 4.58. The number of rotatable bonds is 1. The average molecular weight is 257 g/mol. The first-order valence-electron chi connectivity index (χ1n) is 5.84. The molecule has 0 aliphatic carbocycles. The number of fused-ring (bicyclic) bond motifs is 1. The van der Waals surface area contributed by atoms with Crippen LogP contribution in [0.15, 0.2) is 60.9 Å². The number of halogens is 1. The number of aryl methyl sites for hydroxylation is 1. The average Bonchev–Trinajstić information content (AvgIpc) is 2.41. The van der Waals surface area contributed by atoms with Crippen molar-refractivity contribution >= 4 is 28.8 Å². The molecular weight excluding hydrogens is 244 g/mol. The summed E-state index contributed by atoms with van der Waals surface area (Å²) in [6.45, 7) is 2.09. The van der Waals surface area contributed by atoms with Gasteiger partial charge in [-0.2, -0.15) is 0 Å². The number of benzene rings is 2. The first kappa shape index (κ1) is 11.2. The lowest BCUT2D eigenvalue weighted by Crippen LogP contribution is -2.18. The Kier molecular flexibility index (Phi) is 2.73. The summed E-state index contributed by atoms with van der Waals surface area (Å²) in [4.78, 5) is 2.13. The molecule has 2 aromatic carbocycles. The van der Waals surface area contributed by atoms with Crippen LogP contribution in [0.1, 0.15) is 5.56 Å². The first-order valence-corrected chi connectivity index (χ1v) is 6.18. The van der Waals surface area contributed by atoms with Gasteiger partial charge in [0.25, 0.3) is 0 Å². The van der Waals surface area contributed by atoms with Crippen LogP contribution in [-0.2, 0) is 0 Å². The fourth-order valence-electron chi connectivity index (χ4n) is 2.06. The van der Waals surface area contributed by atoms with Gasteiger partial charge in [0.15, 0.2) is 0 Å². The maximum Gasteiger partial charge on any atom is 0.0815 e. The van der Waals surface area contributed by atoms with Gasteiger partial charge in [0, 0.05) is 29.9 Å². The molecule has 0 N–H and O–H groups in total. The van der Waals surface area contributed by atoms with E-state index in [2.05, 4.69) is 42.2 Å². The van der Waals surface area contributed by atoms with Crippen LogP contribution in [0, 0.1) is 6.92 Å². The topological polar surface area (TPSA) is 6.48 Å². The van der Waals surface area contributed by atoms with Crippen molar-refractivity contribution in [3.8, 4) is 0 Å². The Morgan fingerprint density at radius 3 is 2.22 bits per heavy atom. The second kappa shape index (κ2) is 4.39. The largest absolute Gasteiger partial charge is 0.314 e. The summed E-state index contributed by atoms with van der Waals surface area (Å²) < 4.78 is 1.61. The number of hydrogen-bond acceptors (Lipinski definition) is 2. The summed E-state index contributed by atoms with van der Waals surface area (Å²) in [5.41, 5.74) is 4.46. The van der Waals surface area contributed by atoms with Crippen molar-refractivity contribution in [3.05, 3.63) is 66.5 Å². The van der Waals surface area contributed by atoms with E-state index in [0.29, 0.717) is 0 Å². The standard InChI is InChI=1S/C15H13ClN2/c1-12-6-8-13(9-7-12)17-10-11-18(16)15-5-3-2-4-14(15)17/h2-11H,1H3. The molecule has 90 valence electrons. The van der Waals surface area contributed by atoms with E-state index in [1.54, 1.807) is 4.42 Å². The van der Waals surface area contributed by atoms with Crippen LogP contribution in [0.25, 0.3) is 0 Å². The molecule has 0 atom stereocenters. The van der Waals surface area contributed by atoms with Crippen molar-refractivity contribution in [2.24, 2.45) is 0 Å². The molecule has 0 saturated heterocycles. The Bertz CT molecular complexity index is 590. The minimum absolute atomic E-state index is 0.988. The summed E-state index contributed by atoms with van der Waals surface area (Å²) in [6.07, 6.45) is 3.82. The van der Waals surface area contributed by atoms with Crippen LogP contribution in [-0.4, -0.2) is 0 Å². The van der Waals surface area contributed by atoms with Gasteiger partial charge >= 0.3 is 0 Å². The summed E-state index contributed by atoms with van der Waals surface area (Å²) in [7, 11) is 0. The van der Waals surface area contributed by atoms with Crippen LogP contribution in [0.3, 0.4) is 0 Å². The van der Waals surface area contributed by atoms with Crippen molar-refractivity contribution in [1.29, 1.82) is 0 Å². The molecule has 1 aliphatic heterocycles. The molecule has 1 heterocycles. The van der Waals surface area contributed by atoms with Crippen LogP contribution < -0.4 is 9.32 Å². The van der Waals surface area contributed by atoms with Crippen molar-refractivity contribution in [1.82, 2.24) is 0 Å². The van der Waals surface area contributed by atoms with Crippen molar-refractivity contribution in [2.45, 2.75) is 6.92 Å². The first-order chi connectivity index (χ1) is 8.75. The third-order valence-corrected chi connectivity index (χ3v) is 3.32. The van der Waals surface area contributed by atoms with Crippen molar-refractivity contribution in [3.63, 3.8) is 0 Å². The van der Waals surface area contributed by atoms with Gasteiger partial charge in [-0.3, -0.25) is 4.42 Å². The fourth-order valence-corrected chi connectivity index (χ4v) is 2.26. The van der Waals surface area contributed by atoms with E-state index >= 15 is 0 Å². The SMILES string of the molecule is Cc1ccc(N2C=CN(Cl)c3ccccc32)cc1. The molecule has 0 bridgehead atoms. The lowest BCUT2D eigenvalue weighted by molar-refractivity contribution is 1.20. The van der Waals surface area contributed by atoms with E-state index in [1.165, 1.54) is 5.56 Å². The van der Waals surface area contributed by atoms with E-state index in [1.807, 2.05) is 30.6 Å². The van der Waals surface area contributed by atoms with Gasteiger partial charge in [0.05, 0.1) is 11.4 Å². The Morgan fingerprint density at radius 2 is 1.50 bits per heavy atom. The van der Waals surface area contributed by atoms with Gasteiger partial charge in [-0.15, -0.1) is 0 Å². The monoisotopic (exact) mass is 256 g/mol. The van der Waals surface area contributed by atoms with Gasteiger partial charge in [0.2, 0.25) is 0 Å². The van der Waals surface area contributed by atoms with Crippen LogP contribution in [0.5, 0.6) is 0 Å². The van der Waals surface area contributed by atoms with Gasteiger partial charge in [-0.1, -0.05) is 29.8 Å². The second-order valence-corrected chi connectivity index (χ2v) is 4.67. The summed E-state index contributed by atoms with van der Waals surface area (Å²) in [6, 6.07) is 16.5. The molecule has 18 heavy (non-hydrogen) atoms. The quantitative estimate of drug-likeness (QED) is 0.689. The molecule has 3 heteroatoms. The fraction of sp³-hybridized carbons (Fsp3) is 0.0667. The van der Waals surface area contributed by atoms with E-state index in [9.17, 15) is 0 Å². The zero-order valence-corrected chi connectivity index (χ0v) is 10.8. The number of hydrogen-bond donors (Lipinski definition) is 0. The Balaban J connectivity index is 2.08. The van der Waals surface area contributed by atoms with E-state index in [4.69, 9.17) is 11.8 Å². The number of anilines is 3. The lowest BCUT2D eigenvalue weighted by Gasteiger charge is -2.29. The normalized spacial score (nSPS) is 13.7. The maximum atomic E-state index is 6.15. The highest BCUT2D eigenvalue weighted by atomic mass is 35.5. The Morgan fingerprint density at radius 1 is 0.833 bits per heavy atom. The zero-order valence-electron chi connectivity index (χ0n) is 10.0. The van der Waals surface area contributed by atoms with Crippen LogP contribution in [0.2, 0.25) is 0 Å². The molecule has 1 aliphatic rings. The third kappa shape index (κ3) is 1.85. The summed E-state index contributed by atoms with van der Waals surface area (Å²) >= 11 is 6.15. The highest BCUT2D eigenvalue weighted by Crippen LogP contribution is 2.38. The van der Waals surface area contributed by atoms with Gasteiger partial charge < -0.3 is 4.90 Å². The molecule has 0 saturated carbocycles. The van der Waals surface area contributed by atoms with E-state index < -0.39 is 0 Å². The van der Waals surface area contributed by atoms with Crippen molar-refractivity contribution in [2.75, 3.05) is 9.32 Å². The zero-order chi connectivity index (χ0) is 12.5. The number of para-hydroxylation sites is 2. The van der Waals surface area contributed by atoms with E-state index in [-0.39, 0.29) is 0 Å². The lowest BCUT2D eigenvalue weighted by atomic mass is 10.1. The minimum atomic E-state index is 0.988. The van der Waals surface area contributed by atoms with E-state index in [0.717, 1.165) is 17.1 Å². The molecule has 0 aromatic heterocycles. The smallest absolute Gasteiger partial charge is 0.0815 e. The molecule has 0 radical (unpaired) electrons. The molecular formula is C15H13ClN2. The highest BCUT2D eigenvalue weighted by Gasteiger charge is 2.17. The molecule has 0 amide bonds. The maximum absolute atomic E-state index is 6.15. The molecule has 2 aromatic rings. The van der Waals surface area contributed by atoms with Crippen LogP contribution in [0.4, 0.5) is 17.1 Å². The highest BCUT2D eigenvalue weighted by molar-refractivity contribution is 6.28. The van der Waals surface area contributed by atoms with Crippen molar-refractivity contribution < 1.29 is 0 Å². The molecule has 0 fully saturated rings. The molecule has 3 rings (SSSR count). The summed E-state index contributed by atoms with van der Waals surface area (Å²) in [5.74, 6) is 0. The molecule has 2 nitrogen and oxygen atoms in total. The number of nitrogens with zero attached hydrogens (tertiary/aromatic N) is 2. The van der Waals surface area contributed by atoms with Crippen LogP contribution >= 0.6 is 11.8 Å². The predicted molar refractivity (Wildman–Crippen MR) is 77.2 cm³/mol. The Hall–Kier alpha value is -1.93.